The van der Waals surface area contributed by atoms with Crippen molar-refractivity contribution in [2.45, 2.75) is 40.7 Å². The number of nitrogens with one attached hydrogen (secondary N) is 1. The molecule has 0 unspecified atom stereocenters. The van der Waals surface area contributed by atoms with Gasteiger partial charge in [-0.05, 0) is 38.4 Å². The summed E-state index contributed by atoms with van der Waals surface area (Å²) in [5.41, 5.74) is 3.76. The summed E-state index contributed by atoms with van der Waals surface area (Å²) >= 11 is 0. The molecule has 0 aliphatic rings. The lowest BCUT2D eigenvalue weighted by molar-refractivity contribution is 0.713. The van der Waals surface area contributed by atoms with Gasteiger partial charge in [-0.3, -0.25) is 0 Å². The van der Waals surface area contributed by atoms with Crippen molar-refractivity contribution < 1.29 is 0 Å². The number of rotatable bonds is 6. The average molecular weight is 235 g/mol. The summed E-state index contributed by atoms with van der Waals surface area (Å²) in [5.74, 6) is 1.13. The number of hydrogen-bond acceptors (Lipinski definition) is 3. The lowest BCUT2D eigenvalue weighted by Gasteiger charge is -2.22. The van der Waals surface area contributed by atoms with Crippen LogP contribution < -0.4 is 10.2 Å². The van der Waals surface area contributed by atoms with Gasteiger partial charge in [-0.2, -0.15) is 0 Å². The number of pyridine rings is 1. The van der Waals surface area contributed by atoms with E-state index in [4.69, 9.17) is 4.98 Å². The highest BCUT2D eigenvalue weighted by Crippen LogP contribution is 2.21. The molecule has 0 aromatic carbocycles. The van der Waals surface area contributed by atoms with Gasteiger partial charge in [-0.25, -0.2) is 4.98 Å². The van der Waals surface area contributed by atoms with Crippen molar-refractivity contribution in [3.05, 3.63) is 22.9 Å². The molecule has 0 saturated heterocycles. The number of aryl methyl sites for hydroxylation is 2. The van der Waals surface area contributed by atoms with E-state index in [-0.39, 0.29) is 0 Å². The molecule has 0 bridgehead atoms. The second-order valence-electron chi connectivity index (χ2n) is 4.58. The van der Waals surface area contributed by atoms with Gasteiger partial charge >= 0.3 is 0 Å². The normalized spacial score (nSPS) is 10.6. The second-order valence-corrected chi connectivity index (χ2v) is 4.58. The molecule has 0 spiro atoms. The standard InChI is InChI=1S/C14H25N3/c1-6-8-17(5)14-13(10-15-7-2)11(3)9-12(4)16-14/h9,15H,6-8,10H2,1-5H3. The molecule has 1 rings (SSSR count). The Morgan fingerprint density at radius 1 is 1.29 bits per heavy atom. The minimum Gasteiger partial charge on any atom is -0.359 e. The number of aromatic nitrogens is 1. The second kappa shape index (κ2) is 6.60. The van der Waals surface area contributed by atoms with Crippen molar-refractivity contribution in [3.63, 3.8) is 0 Å². The zero-order valence-corrected chi connectivity index (χ0v) is 11.8. The SMILES string of the molecule is CCCN(C)c1nc(C)cc(C)c1CNCC. The monoisotopic (exact) mass is 235 g/mol. The molecule has 3 heteroatoms. The molecule has 1 aromatic rings. The third-order valence-corrected chi connectivity index (χ3v) is 2.93. The maximum Gasteiger partial charge on any atom is 0.133 e. The summed E-state index contributed by atoms with van der Waals surface area (Å²) in [6, 6.07) is 2.16. The Hall–Kier alpha value is -1.09. The van der Waals surface area contributed by atoms with Gasteiger partial charge in [0.15, 0.2) is 0 Å². The van der Waals surface area contributed by atoms with Crippen molar-refractivity contribution in [1.82, 2.24) is 10.3 Å². The maximum absolute atomic E-state index is 4.69. The minimum atomic E-state index is 0.902. The Labute approximate surface area is 105 Å². The van der Waals surface area contributed by atoms with Crippen molar-refractivity contribution >= 4 is 5.82 Å². The van der Waals surface area contributed by atoms with Crippen LogP contribution in [0.15, 0.2) is 6.07 Å². The molecule has 0 amide bonds. The third kappa shape index (κ3) is 3.70. The Morgan fingerprint density at radius 3 is 2.59 bits per heavy atom. The first-order chi connectivity index (χ1) is 8.10. The summed E-state index contributed by atoms with van der Waals surface area (Å²) < 4.78 is 0. The first-order valence-corrected chi connectivity index (χ1v) is 6.49. The van der Waals surface area contributed by atoms with E-state index in [1.54, 1.807) is 0 Å². The average Bonchev–Trinajstić information content (AvgIpc) is 2.27. The van der Waals surface area contributed by atoms with Crippen LogP contribution in [-0.2, 0) is 6.54 Å². The molecule has 17 heavy (non-hydrogen) atoms. The molecule has 3 nitrogen and oxygen atoms in total. The predicted octanol–water partition coefficient (Wildman–Crippen LogP) is 2.65. The van der Waals surface area contributed by atoms with Gasteiger partial charge < -0.3 is 10.2 Å². The summed E-state index contributed by atoms with van der Waals surface area (Å²) in [5, 5.41) is 3.40. The molecule has 0 atom stereocenters. The first kappa shape index (κ1) is 14.0. The van der Waals surface area contributed by atoms with Crippen molar-refractivity contribution in [3.8, 4) is 0 Å². The first-order valence-electron chi connectivity index (χ1n) is 6.49. The topological polar surface area (TPSA) is 28.2 Å². The van der Waals surface area contributed by atoms with E-state index in [9.17, 15) is 0 Å². The Kier molecular flexibility index (Phi) is 5.42. The number of hydrogen-bond donors (Lipinski definition) is 1. The van der Waals surface area contributed by atoms with Gasteiger partial charge in [0.25, 0.3) is 0 Å². The fraction of sp³-hybridized carbons (Fsp3) is 0.643. The molecule has 0 aliphatic heterocycles. The highest BCUT2D eigenvalue weighted by Gasteiger charge is 2.11. The maximum atomic E-state index is 4.69. The minimum absolute atomic E-state index is 0.902. The van der Waals surface area contributed by atoms with E-state index in [1.807, 2.05) is 0 Å². The zero-order chi connectivity index (χ0) is 12.8. The smallest absolute Gasteiger partial charge is 0.133 e. The summed E-state index contributed by atoms with van der Waals surface area (Å²) in [7, 11) is 2.13. The quantitative estimate of drug-likeness (QED) is 0.821. The fourth-order valence-corrected chi connectivity index (χ4v) is 2.07. The van der Waals surface area contributed by atoms with Gasteiger partial charge in [-0.1, -0.05) is 13.8 Å². The Balaban J connectivity index is 3.05. The summed E-state index contributed by atoms with van der Waals surface area (Å²) in [4.78, 5) is 6.95. The molecular weight excluding hydrogens is 210 g/mol. The van der Waals surface area contributed by atoms with E-state index >= 15 is 0 Å². The van der Waals surface area contributed by atoms with Crippen molar-refractivity contribution in [2.75, 3.05) is 25.0 Å². The molecule has 0 radical (unpaired) electrons. The van der Waals surface area contributed by atoms with Gasteiger partial charge in [0.1, 0.15) is 5.82 Å². The molecule has 0 aliphatic carbocycles. The van der Waals surface area contributed by atoms with Crippen LogP contribution in [-0.4, -0.2) is 25.1 Å². The van der Waals surface area contributed by atoms with E-state index in [0.29, 0.717) is 0 Å². The molecule has 1 N–H and O–H groups in total. The molecule has 96 valence electrons. The number of nitrogens with zero attached hydrogens (tertiary/aromatic N) is 2. The highest BCUT2D eigenvalue weighted by atomic mass is 15.2. The van der Waals surface area contributed by atoms with Crippen molar-refractivity contribution in [1.29, 1.82) is 0 Å². The van der Waals surface area contributed by atoms with E-state index in [1.165, 1.54) is 11.1 Å². The van der Waals surface area contributed by atoms with Gasteiger partial charge in [0, 0.05) is 31.4 Å². The largest absolute Gasteiger partial charge is 0.359 e. The Morgan fingerprint density at radius 2 is 2.00 bits per heavy atom. The van der Waals surface area contributed by atoms with Gasteiger partial charge in [0.2, 0.25) is 0 Å². The van der Waals surface area contributed by atoms with E-state index in [0.717, 1.165) is 37.6 Å². The van der Waals surface area contributed by atoms with Crippen molar-refractivity contribution in [2.24, 2.45) is 0 Å². The van der Waals surface area contributed by atoms with E-state index < -0.39 is 0 Å². The lowest BCUT2D eigenvalue weighted by Crippen LogP contribution is -2.24. The number of anilines is 1. The van der Waals surface area contributed by atoms with Crippen LogP contribution in [0.3, 0.4) is 0 Å². The van der Waals surface area contributed by atoms with Crippen LogP contribution in [0.4, 0.5) is 5.82 Å². The van der Waals surface area contributed by atoms with E-state index in [2.05, 4.69) is 51.0 Å². The summed E-state index contributed by atoms with van der Waals surface area (Å²) in [6.45, 7) is 11.5. The zero-order valence-electron chi connectivity index (χ0n) is 11.8. The van der Waals surface area contributed by atoms with Crippen LogP contribution in [0, 0.1) is 13.8 Å². The molecular formula is C14H25N3. The van der Waals surface area contributed by atoms with Crippen LogP contribution in [0.5, 0.6) is 0 Å². The molecule has 1 heterocycles. The van der Waals surface area contributed by atoms with Gasteiger partial charge in [0.05, 0.1) is 0 Å². The third-order valence-electron chi connectivity index (χ3n) is 2.93. The molecule has 0 fully saturated rings. The highest BCUT2D eigenvalue weighted by molar-refractivity contribution is 5.51. The van der Waals surface area contributed by atoms with Crippen LogP contribution in [0.25, 0.3) is 0 Å². The lowest BCUT2D eigenvalue weighted by atomic mass is 10.1. The van der Waals surface area contributed by atoms with Crippen LogP contribution in [0.1, 0.15) is 37.1 Å². The molecule has 0 saturated carbocycles. The Bertz CT molecular complexity index is 361. The fourth-order valence-electron chi connectivity index (χ4n) is 2.07. The molecule has 1 aromatic heterocycles. The summed E-state index contributed by atoms with van der Waals surface area (Å²) in [6.07, 6.45) is 1.14. The predicted molar refractivity (Wildman–Crippen MR) is 74.7 cm³/mol. The van der Waals surface area contributed by atoms with Crippen LogP contribution >= 0.6 is 0 Å². The van der Waals surface area contributed by atoms with Gasteiger partial charge in [-0.15, -0.1) is 0 Å². The van der Waals surface area contributed by atoms with Crippen LogP contribution in [0.2, 0.25) is 0 Å².